The molecule has 1 saturated heterocycles. The molecular formula is C12H22N4O. The van der Waals surface area contributed by atoms with Gasteiger partial charge in [0.25, 0.3) is 0 Å². The van der Waals surface area contributed by atoms with Crippen LogP contribution in [0.3, 0.4) is 0 Å². The molecule has 0 spiro atoms. The van der Waals surface area contributed by atoms with Gasteiger partial charge in [-0.15, -0.1) is 0 Å². The van der Waals surface area contributed by atoms with Crippen LogP contribution in [0.25, 0.3) is 0 Å². The average Bonchev–Trinajstić information content (AvgIpc) is 2.36. The highest BCUT2D eigenvalue weighted by molar-refractivity contribution is 5.78. The summed E-state index contributed by atoms with van der Waals surface area (Å²) in [7, 11) is 0. The van der Waals surface area contributed by atoms with Gasteiger partial charge in [-0.3, -0.25) is 9.69 Å². The van der Waals surface area contributed by atoms with Gasteiger partial charge in [0.05, 0.1) is 12.6 Å². The van der Waals surface area contributed by atoms with Crippen molar-refractivity contribution in [3.05, 3.63) is 0 Å². The van der Waals surface area contributed by atoms with Gasteiger partial charge in [-0.2, -0.15) is 5.26 Å². The van der Waals surface area contributed by atoms with E-state index in [1.54, 1.807) is 0 Å². The first-order valence-corrected chi connectivity index (χ1v) is 6.35. The SMILES string of the molecule is CCN(CC(=O)NCC#N)CC1CCCCN1. The highest BCUT2D eigenvalue weighted by Crippen LogP contribution is 2.08. The van der Waals surface area contributed by atoms with Gasteiger partial charge in [-0.1, -0.05) is 13.3 Å². The van der Waals surface area contributed by atoms with Gasteiger partial charge < -0.3 is 10.6 Å². The van der Waals surface area contributed by atoms with Gasteiger partial charge in [-0.25, -0.2) is 0 Å². The molecule has 1 rings (SSSR count). The van der Waals surface area contributed by atoms with Crippen LogP contribution in [0.1, 0.15) is 26.2 Å². The number of nitriles is 1. The smallest absolute Gasteiger partial charge is 0.235 e. The summed E-state index contributed by atoms with van der Waals surface area (Å²) >= 11 is 0. The van der Waals surface area contributed by atoms with E-state index in [0.29, 0.717) is 12.6 Å². The number of carbonyl (C=O) groups is 1. The van der Waals surface area contributed by atoms with Crippen LogP contribution >= 0.6 is 0 Å². The molecular weight excluding hydrogens is 216 g/mol. The Labute approximate surface area is 103 Å². The van der Waals surface area contributed by atoms with Gasteiger partial charge in [0.2, 0.25) is 5.91 Å². The number of hydrogen-bond donors (Lipinski definition) is 2. The minimum absolute atomic E-state index is 0.0655. The van der Waals surface area contributed by atoms with Gasteiger partial charge in [-0.05, 0) is 25.9 Å². The van der Waals surface area contributed by atoms with Crippen LogP contribution in [0.15, 0.2) is 0 Å². The van der Waals surface area contributed by atoms with Crippen molar-refractivity contribution in [3.8, 4) is 6.07 Å². The summed E-state index contributed by atoms with van der Waals surface area (Å²) in [5, 5.41) is 14.4. The third-order valence-corrected chi connectivity index (χ3v) is 3.07. The quantitative estimate of drug-likeness (QED) is 0.644. The first kappa shape index (κ1) is 13.9. The molecule has 0 bridgehead atoms. The predicted octanol–water partition coefficient (Wildman–Crippen LogP) is 0.0902. The fourth-order valence-corrected chi connectivity index (χ4v) is 2.09. The molecule has 0 radical (unpaired) electrons. The van der Waals surface area contributed by atoms with Crippen LogP contribution in [0, 0.1) is 11.3 Å². The van der Waals surface area contributed by atoms with Gasteiger partial charge in [0, 0.05) is 12.6 Å². The molecule has 0 aromatic carbocycles. The van der Waals surface area contributed by atoms with Crippen LogP contribution in [0.5, 0.6) is 0 Å². The van der Waals surface area contributed by atoms with E-state index < -0.39 is 0 Å². The Bertz CT molecular complexity index is 268. The Balaban J connectivity index is 2.27. The normalized spacial score (nSPS) is 19.9. The number of nitrogens with one attached hydrogen (secondary N) is 2. The molecule has 1 heterocycles. The number of amides is 1. The molecule has 0 saturated carbocycles. The molecule has 96 valence electrons. The minimum Gasteiger partial charge on any atom is -0.342 e. The van der Waals surface area contributed by atoms with E-state index in [4.69, 9.17) is 5.26 Å². The van der Waals surface area contributed by atoms with Crippen molar-refractivity contribution in [2.75, 3.05) is 32.7 Å². The molecule has 2 N–H and O–H groups in total. The number of nitrogens with zero attached hydrogens (tertiary/aromatic N) is 2. The molecule has 1 aliphatic rings. The van der Waals surface area contributed by atoms with Crippen LogP contribution in [-0.2, 0) is 4.79 Å². The van der Waals surface area contributed by atoms with E-state index in [-0.39, 0.29) is 12.5 Å². The molecule has 5 heteroatoms. The van der Waals surface area contributed by atoms with Crippen LogP contribution in [0.4, 0.5) is 0 Å². The van der Waals surface area contributed by atoms with E-state index in [2.05, 4.69) is 22.5 Å². The summed E-state index contributed by atoms with van der Waals surface area (Å²) < 4.78 is 0. The van der Waals surface area contributed by atoms with E-state index in [1.807, 2.05) is 6.07 Å². The van der Waals surface area contributed by atoms with Crippen molar-refractivity contribution >= 4 is 5.91 Å². The maximum atomic E-state index is 11.5. The molecule has 1 aliphatic heterocycles. The second-order valence-corrected chi connectivity index (χ2v) is 4.41. The van der Waals surface area contributed by atoms with Crippen molar-refractivity contribution < 1.29 is 4.79 Å². The maximum absolute atomic E-state index is 11.5. The zero-order valence-corrected chi connectivity index (χ0v) is 10.5. The highest BCUT2D eigenvalue weighted by atomic mass is 16.2. The lowest BCUT2D eigenvalue weighted by atomic mass is 10.0. The molecule has 1 unspecified atom stereocenters. The number of likely N-dealkylation sites (N-methyl/N-ethyl adjacent to an activating group) is 1. The Morgan fingerprint density at radius 3 is 3.00 bits per heavy atom. The third-order valence-electron chi connectivity index (χ3n) is 3.07. The number of hydrogen-bond acceptors (Lipinski definition) is 4. The number of carbonyl (C=O) groups excluding carboxylic acids is 1. The number of rotatable bonds is 6. The van der Waals surface area contributed by atoms with Gasteiger partial charge in [0.1, 0.15) is 6.54 Å². The van der Waals surface area contributed by atoms with Crippen molar-refractivity contribution in [1.29, 1.82) is 5.26 Å². The second-order valence-electron chi connectivity index (χ2n) is 4.41. The fourth-order valence-electron chi connectivity index (χ4n) is 2.09. The highest BCUT2D eigenvalue weighted by Gasteiger charge is 2.17. The van der Waals surface area contributed by atoms with Gasteiger partial charge >= 0.3 is 0 Å². The first-order chi connectivity index (χ1) is 8.26. The Hall–Kier alpha value is -1.12. The van der Waals surface area contributed by atoms with Crippen LogP contribution < -0.4 is 10.6 Å². The molecule has 0 aromatic heterocycles. The van der Waals surface area contributed by atoms with Crippen molar-refractivity contribution in [2.24, 2.45) is 0 Å². The van der Waals surface area contributed by atoms with E-state index in [9.17, 15) is 4.79 Å². The third kappa shape index (κ3) is 5.66. The Kier molecular flexibility index (Phi) is 6.60. The lowest BCUT2D eigenvalue weighted by Crippen LogP contribution is -2.46. The van der Waals surface area contributed by atoms with Crippen LogP contribution in [-0.4, -0.2) is 49.6 Å². The molecule has 1 fully saturated rings. The zero-order valence-electron chi connectivity index (χ0n) is 10.5. The summed E-state index contributed by atoms with van der Waals surface area (Å²) in [4.78, 5) is 13.6. The Morgan fingerprint density at radius 1 is 1.59 bits per heavy atom. The molecule has 0 aromatic rings. The molecule has 5 nitrogen and oxygen atoms in total. The van der Waals surface area contributed by atoms with Crippen molar-refractivity contribution in [2.45, 2.75) is 32.2 Å². The summed E-state index contributed by atoms with van der Waals surface area (Å²) in [5.41, 5.74) is 0. The first-order valence-electron chi connectivity index (χ1n) is 6.35. The molecule has 0 aliphatic carbocycles. The number of piperidine rings is 1. The monoisotopic (exact) mass is 238 g/mol. The molecule has 1 atom stereocenters. The summed E-state index contributed by atoms with van der Waals surface area (Å²) in [5.74, 6) is -0.0655. The van der Waals surface area contributed by atoms with Gasteiger partial charge in [0.15, 0.2) is 0 Å². The van der Waals surface area contributed by atoms with Crippen molar-refractivity contribution in [3.63, 3.8) is 0 Å². The van der Waals surface area contributed by atoms with E-state index in [0.717, 1.165) is 19.6 Å². The largest absolute Gasteiger partial charge is 0.342 e. The Morgan fingerprint density at radius 2 is 2.41 bits per heavy atom. The van der Waals surface area contributed by atoms with Crippen molar-refractivity contribution in [1.82, 2.24) is 15.5 Å². The minimum atomic E-state index is -0.0655. The van der Waals surface area contributed by atoms with E-state index in [1.165, 1.54) is 19.3 Å². The van der Waals surface area contributed by atoms with Crippen LogP contribution in [0.2, 0.25) is 0 Å². The summed E-state index contributed by atoms with van der Waals surface area (Å²) in [6, 6.07) is 2.42. The molecule has 17 heavy (non-hydrogen) atoms. The molecule has 1 amide bonds. The lowest BCUT2D eigenvalue weighted by Gasteiger charge is -2.29. The summed E-state index contributed by atoms with van der Waals surface area (Å²) in [6.07, 6.45) is 3.72. The summed E-state index contributed by atoms with van der Waals surface area (Å²) in [6.45, 7) is 5.40. The lowest BCUT2D eigenvalue weighted by molar-refractivity contribution is -0.122. The standard InChI is InChI=1S/C12H22N4O/c1-2-16(10-12(17)15-8-6-13)9-11-5-3-4-7-14-11/h11,14H,2-5,7-10H2,1H3,(H,15,17). The second kappa shape index (κ2) is 8.04. The average molecular weight is 238 g/mol. The fraction of sp³-hybridized carbons (Fsp3) is 0.833. The topological polar surface area (TPSA) is 68.2 Å². The maximum Gasteiger partial charge on any atom is 0.235 e. The van der Waals surface area contributed by atoms with E-state index >= 15 is 0 Å². The zero-order chi connectivity index (χ0) is 12.5. The predicted molar refractivity (Wildman–Crippen MR) is 66.4 cm³/mol.